The molecule has 3 nitrogen and oxygen atoms in total. The van der Waals surface area contributed by atoms with Crippen molar-refractivity contribution in [2.24, 2.45) is 5.73 Å². The Morgan fingerprint density at radius 3 is 3.06 bits per heavy atom. The second-order valence-electron chi connectivity index (χ2n) is 3.77. The number of rotatable bonds is 5. The number of aryl methyl sites for hydroxylation is 1. The highest BCUT2D eigenvalue weighted by Crippen LogP contribution is 2.27. The van der Waals surface area contributed by atoms with Gasteiger partial charge in [0, 0.05) is 10.9 Å². The Morgan fingerprint density at radius 1 is 1.41 bits per heavy atom. The molecule has 0 aliphatic carbocycles. The lowest BCUT2D eigenvalue weighted by Crippen LogP contribution is -2.00. The maximum Gasteiger partial charge on any atom is 0.123 e. The normalized spacial score (nSPS) is 10.5. The first-order chi connectivity index (χ1) is 8.33. The summed E-state index contributed by atoms with van der Waals surface area (Å²) in [5, 5.41) is 3.14. The second-order valence-corrected chi connectivity index (χ2v) is 4.63. The van der Waals surface area contributed by atoms with Gasteiger partial charge in [-0.1, -0.05) is 12.1 Å². The quantitative estimate of drug-likeness (QED) is 0.885. The molecular formula is C13H16N2OS. The number of hydrogen-bond acceptors (Lipinski definition) is 4. The third-order valence-corrected chi connectivity index (χ3v) is 3.45. The fourth-order valence-electron chi connectivity index (χ4n) is 1.59. The Balaban J connectivity index is 2.18. The van der Waals surface area contributed by atoms with E-state index in [9.17, 15) is 0 Å². The van der Waals surface area contributed by atoms with E-state index in [-0.39, 0.29) is 0 Å². The van der Waals surface area contributed by atoms with Crippen LogP contribution < -0.4 is 10.5 Å². The molecule has 4 heteroatoms. The van der Waals surface area contributed by atoms with Crippen LogP contribution >= 0.6 is 11.3 Å². The van der Waals surface area contributed by atoms with E-state index in [1.54, 1.807) is 18.4 Å². The van der Waals surface area contributed by atoms with Crippen LogP contribution in [-0.2, 0) is 6.42 Å². The van der Waals surface area contributed by atoms with Crippen LogP contribution in [0.2, 0.25) is 0 Å². The van der Waals surface area contributed by atoms with Crippen molar-refractivity contribution < 1.29 is 4.74 Å². The molecule has 0 atom stereocenters. The number of thiazole rings is 1. The van der Waals surface area contributed by atoms with Crippen LogP contribution in [0.5, 0.6) is 5.75 Å². The van der Waals surface area contributed by atoms with E-state index in [4.69, 9.17) is 10.5 Å². The summed E-state index contributed by atoms with van der Waals surface area (Å²) >= 11 is 1.66. The minimum absolute atomic E-state index is 0.714. The number of aromatic nitrogens is 1. The molecule has 0 amide bonds. The molecule has 17 heavy (non-hydrogen) atoms. The van der Waals surface area contributed by atoms with Crippen LogP contribution in [0.15, 0.2) is 29.6 Å². The molecule has 0 saturated heterocycles. The maximum atomic E-state index is 5.49. The largest absolute Gasteiger partial charge is 0.497 e. The molecule has 1 heterocycles. The Morgan fingerprint density at radius 2 is 2.29 bits per heavy atom. The lowest BCUT2D eigenvalue weighted by molar-refractivity contribution is 0.415. The summed E-state index contributed by atoms with van der Waals surface area (Å²) in [7, 11) is 1.67. The van der Waals surface area contributed by atoms with Crippen LogP contribution in [0.25, 0.3) is 10.6 Å². The summed E-state index contributed by atoms with van der Waals surface area (Å²) in [5.74, 6) is 0.862. The number of ether oxygens (including phenoxy) is 1. The van der Waals surface area contributed by atoms with E-state index in [1.165, 1.54) is 0 Å². The second kappa shape index (κ2) is 5.80. The molecule has 0 unspecified atom stereocenters. The molecule has 0 saturated carbocycles. The van der Waals surface area contributed by atoms with Crippen molar-refractivity contribution in [1.29, 1.82) is 0 Å². The highest BCUT2D eigenvalue weighted by molar-refractivity contribution is 7.13. The van der Waals surface area contributed by atoms with E-state index in [2.05, 4.69) is 10.4 Å². The molecule has 90 valence electrons. The van der Waals surface area contributed by atoms with Gasteiger partial charge in [0.2, 0.25) is 0 Å². The predicted octanol–water partition coefficient (Wildman–Crippen LogP) is 2.71. The molecule has 0 radical (unpaired) electrons. The van der Waals surface area contributed by atoms with Gasteiger partial charge in [0.15, 0.2) is 0 Å². The average Bonchev–Trinajstić information content (AvgIpc) is 2.85. The minimum Gasteiger partial charge on any atom is -0.497 e. The van der Waals surface area contributed by atoms with E-state index in [0.717, 1.165) is 34.9 Å². The number of methoxy groups -OCH3 is 1. The molecular weight excluding hydrogens is 232 g/mol. The number of hydrogen-bond donors (Lipinski definition) is 1. The predicted molar refractivity (Wildman–Crippen MR) is 71.5 cm³/mol. The molecule has 0 aliphatic rings. The van der Waals surface area contributed by atoms with Gasteiger partial charge in [-0.25, -0.2) is 4.98 Å². The summed E-state index contributed by atoms with van der Waals surface area (Å²) in [6.07, 6.45) is 1.94. The van der Waals surface area contributed by atoms with Crippen LogP contribution in [-0.4, -0.2) is 18.6 Å². The van der Waals surface area contributed by atoms with Gasteiger partial charge in [0.1, 0.15) is 10.8 Å². The third-order valence-electron chi connectivity index (χ3n) is 2.51. The average molecular weight is 248 g/mol. The fourth-order valence-corrected chi connectivity index (χ4v) is 2.44. The molecule has 2 N–H and O–H groups in total. The van der Waals surface area contributed by atoms with Gasteiger partial charge in [-0.15, -0.1) is 11.3 Å². The van der Waals surface area contributed by atoms with Crippen molar-refractivity contribution in [1.82, 2.24) is 4.98 Å². The number of nitrogens with zero attached hydrogens (tertiary/aromatic N) is 1. The molecule has 0 fully saturated rings. The van der Waals surface area contributed by atoms with Crippen molar-refractivity contribution in [3.8, 4) is 16.3 Å². The van der Waals surface area contributed by atoms with Gasteiger partial charge in [-0.2, -0.15) is 0 Å². The SMILES string of the molecule is COc1cccc(-c2nc(CCCN)cs2)c1. The molecule has 1 aromatic carbocycles. The Hall–Kier alpha value is -1.39. The Labute approximate surface area is 105 Å². The first kappa shape index (κ1) is 12.1. The van der Waals surface area contributed by atoms with Crippen molar-refractivity contribution >= 4 is 11.3 Å². The molecule has 2 aromatic rings. The summed E-state index contributed by atoms with van der Waals surface area (Å²) in [6, 6.07) is 7.97. The van der Waals surface area contributed by atoms with E-state index < -0.39 is 0 Å². The van der Waals surface area contributed by atoms with Gasteiger partial charge in [0.25, 0.3) is 0 Å². The Bertz CT molecular complexity index is 482. The topological polar surface area (TPSA) is 48.1 Å². The van der Waals surface area contributed by atoms with Crippen LogP contribution in [0.4, 0.5) is 0 Å². The smallest absolute Gasteiger partial charge is 0.123 e. The van der Waals surface area contributed by atoms with Crippen LogP contribution in [0, 0.1) is 0 Å². The summed E-state index contributed by atoms with van der Waals surface area (Å²) in [5.41, 5.74) is 7.72. The van der Waals surface area contributed by atoms with Crippen LogP contribution in [0.1, 0.15) is 12.1 Å². The molecule has 0 spiro atoms. The van der Waals surface area contributed by atoms with Gasteiger partial charge in [0.05, 0.1) is 12.8 Å². The fraction of sp³-hybridized carbons (Fsp3) is 0.308. The highest BCUT2D eigenvalue weighted by atomic mass is 32.1. The molecule has 0 aliphatic heterocycles. The van der Waals surface area contributed by atoms with Crippen molar-refractivity contribution in [3.63, 3.8) is 0 Å². The standard InChI is InChI=1S/C13H16N2OS/c1-16-12-6-2-4-10(8-12)13-15-11(9-17-13)5-3-7-14/h2,4,6,8-9H,3,5,7,14H2,1H3. The van der Waals surface area contributed by atoms with E-state index in [0.29, 0.717) is 6.54 Å². The van der Waals surface area contributed by atoms with Gasteiger partial charge < -0.3 is 10.5 Å². The minimum atomic E-state index is 0.714. The summed E-state index contributed by atoms with van der Waals surface area (Å²) in [6.45, 7) is 0.714. The summed E-state index contributed by atoms with van der Waals surface area (Å²) in [4.78, 5) is 4.60. The molecule has 1 aromatic heterocycles. The zero-order chi connectivity index (χ0) is 12.1. The lowest BCUT2D eigenvalue weighted by Gasteiger charge is -2.01. The summed E-state index contributed by atoms with van der Waals surface area (Å²) < 4.78 is 5.21. The third kappa shape index (κ3) is 3.05. The Kier molecular flexibility index (Phi) is 4.12. The van der Waals surface area contributed by atoms with E-state index >= 15 is 0 Å². The molecule has 0 bridgehead atoms. The maximum absolute atomic E-state index is 5.49. The zero-order valence-electron chi connectivity index (χ0n) is 9.85. The monoisotopic (exact) mass is 248 g/mol. The van der Waals surface area contributed by atoms with Gasteiger partial charge in [-0.05, 0) is 31.5 Å². The van der Waals surface area contributed by atoms with Crippen molar-refractivity contribution in [2.75, 3.05) is 13.7 Å². The van der Waals surface area contributed by atoms with Gasteiger partial charge in [-0.3, -0.25) is 0 Å². The molecule has 2 rings (SSSR count). The van der Waals surface area contributed by atoms with Gasteiger partial charge >= 0.3 is 0 Å². The number of benzene rings is 1. The lowest BCUT2D eigenvalue weighted by atomic mass is 10.2. The van der Waals surface area contributed by atoms with E-state index in [1.807, 2.05) is 24.3 Å². The number of nitrogens with two attached hydrogens (primary N) is 1. The first-order valence-corrected chi connectivity index (χ1v) is 6.50. The van der Waals surface area contributed by atoms with Crippen molar-refractivity contribution in [2.45, 2.75) is 12.8 Å². The van der Waals surface area contributed by atoms with Crippen molar-refractivity contribution in [3.05, 3.63) is 35.3 Å². The zero-order valence-corrected chi connectivity index (χ0v) is 10.7. The first-order valence-electron chi connectivity index (χ1n) is 5.62. The highest BCUT2D eigenvalue weighted by Gasteiger charge is 2.05. The van der Waals surface area contributed by atoms with Crippen LogP contribution in [0.3, 0.4) is 0 Å².